The zero-order chi connectivity index (χ0) is 15.2. The van der Waals surface area contributed by atoms with Gasteiger partial charge in [0, 0.05) is 19.8 Å². The van der Waals surface area contributed by atoms with Crippen molar-refractivity contribution in [1.29, 1.82) is 0 Å². The van der Waals surface area contributed by atoms with E-state index in [1.165, 1.54) is 6.20 Å². The number of nitrogens with zero attached hydrogens (tertiary/aromatic N) is 2. The Hall–Kier alpha value is -2.56. The second-order valence-electron chi connectivity index (χ2n) is 5.02. The Labute approximate surface area is 124 Å². The first-order valence-electron chi connectivity index (χ1n) is 6.71. The molecule has 5 heteroatoms. The minimum absolute atomic E-state index is 0.0870. The number of anilines is 1. The summed E-state index contributed by atoms with van der Waals surface area (Å²) in [4.78, 5) is 17.3. The molecule has 2 rings (SSSR count). The summed E-state index contributed by atoms with van der Waals surface area (Å²) in [5.74, 6) is 0.248. The van der Waals surface area contributed by atoms with Gasteiger partial charge < -0.3 is 15.3 Å². The molecular weight excluding hydrogens is 266 g/mol. The highest BCUT2D eigenvalue weighted by molar-refractivity contribution is 5.78. The molecule has 0 radical (unpaired) electrons. The molecule has 0 spiro atoms. The standard InChI is InChI=1S/C16H19N3O2/c1-19(2)16(21)9-12-3-5-13(6-4-12)17-10-14-7-8-15(20)11-18-14/h3-8,11,17,20H,9-10H2,1-2H3. The van der Waals surface area contributed by atoms with Crippen LogP contribution in [0.4, 0.5) is 5.69 Å². The Kier molecular flexibility index (Phi) is 4.77. The zero-order valence-electron chi connectivity index (χ0n) is 12.2. The Morgan fingerprint density at radius 1 is 1.19 bits per heavy atom. The lowest BCUT2D eigenvalue weighted by atomic mass is 10.1. The fraction of sp³-hybridized carbons (Fsp3) is 0.250. The average molecular weight is 285 g/mol. The molecule has 110 valence electrons. The molecule has 1 aromatic carbocycles. The fourth-order valence-electron chi connectivity index (χ4n) is 1.79. The van der Waals surface area contributed by atoms with E-state index in [4.69, 9.17) is 5.11 Å². The summed E-state index contributed by atoms with van der Waals surface area (Å²) in [7, 11) is 3.51. The van der Waals surface area contributed by atoms with E-state index in [9.17, 15) is 4.79 Å². The third kappa shape index (κ3) is 4.49. The highest BCUT2D eigenvalue weighted by Gasteiger charge is 2.05. The van der Waals surface area contributed by atoms with Gasteiger partial charge in [-0.2, -0.15) is 0 Å². The summed E-state index contributed by atoms with van der Waals surface area (Å²) in [5, 5.41) is 12.4. The number of likely N-dealkylation sites (N-methyl/N-ethyl adjacent to an activating group) is 1. The smallest absolute Gasteiger partial charge is 0.226 e. The van der Waals surface area contributed by atoms with Gasteiger partial charge in [-0.3, -0.25) is 9.78 Å². The number of carbonyl (C=O) groups excluding carboxylic acids is 1. The number of rotatable bonds is 5. The molecule has 0 aliphatic heterocycles. The Morgan fingerprint density at radius 3 is 2.48 bits per heavy atom. The van der Waals surface area contributed by atoms with Crippen molar-refractivity contribution in [2.24, 2.45) is 0 Å². The lowest BCUT2D eigenvalue weighted by molar-refractivity contribution is -0.127. The van der Waals surface area contributed by atoms with E-state index in [-0.39, 0.29) is 11.7 Å². The van der Waals surface area contributed by atoms with Crippen molar-refractivity contribution >= 4 is 11.6 Å². The molecule has 5 nitrogen and oxygen atoms in total. The van der Waals surface area contributed by atoms with Crippen LogP contribution < -0.4 is 5.32 Å². The Bertz CT molecular complexity index is 592. The van der Waals surface area contributed by atoms with Gasteiger partial charge in [0.25, 0.3) is 0 Å². The highest BCUT2D eigenvalue weighted by atomic mass is 16.3. The summed E-state index contributed by atoms with van der Waals surface area (Å²) < 4.78 is 0. The number of hydrogen-bond donors (Lipinski definition) is 2. The van der Waals surface area contributed by atoms with E-state index in [0.717, 1.165) is 16.9 Å². The van der Waals surface area contributed by atoms with Gasteiger partial charge in [-0.05, 0) is 29.8 Å². The van der Waals surface area contributed by atoms with Crippen molar-refractivity contribution in [2.45, 2.75) is 13.0 Å². The highest BCUT2D eigenvalue weighted by Crippen LogP contribution is 2.12. The SMILES string of the molecule is CN(C)C(=O)Cc1ccc(NCc2ccc(O)cn2)cc1. The van der Waals surface area contributed by atoms with Crippen molar-refractivity contribution in [3.05, 3.63) is 53.9 Å². The number of aromatic nitrogens is 1. The van der Waals surface area contributed by atoms with E-state index in [0.29, 0.717) is 13.0 Å². The predicted octanol–water partition coefficient (Wildman–Crippen LogP) is 2.03. The first kappa shape index (κ1) is 14.8. The second-order valence-corrected chi connectivity index (χ2v) is 5.02. The molecule has 1 aromatic heterocycles. The van der Waals surface area contributed by atoms with Crippen LogP contribution in [0.2, 0.25) is 0 Å². The second kappa shape index (κ2) is 6.74. The number of benzene rings is 1. The molecule has 1 heterocycles. The lowest BCUT2D eigenvalue weighted by Crippen LogP contribution is -2.23. The van der Waals surface area contributed by atoms with E-state index < -0.39 is 0 Å². The van der Waals surface area contributed by atoms with Gasteiger partial charge in [0.1, 0.15) is 5.75 Å². The van der Waals surface area contributed by atoms with Gasteiger partial charge in [-0.15, -0.1) is 0 Å². The minimum atomic E-state index is 0.0870. The van der Waals surface area contributed by atoms with Crippen LogP contribution in [0.15, 0.2) is 42.6 Å². The molecular formula is C16H19N3O2. The number of hydrogen-bond acceptors (Lipinski definition) is 4. The molecule has 21 heavy (non-hydrogen) atoms. The van der Waals surface area contributed by atoms with Gasteiger partial charge in [0.2, 0.25) is 5.91 Å². The summed E-state index contributed by atoms with van der Waals surface area (Å²) >= 11 is 0. The van der Waals surface area contributed by atoms with Gasteiger partial charge in [0.05, 0.1) is 24.9 Å². The molecule has 2 aromatic rings. The lowest BCUT2D eigenvalue weighted by Gasteiger charge is -2.11. The maximum atomic E-state index is 11.6. The summed E-state index contributed by atoms with van der Waals surface area (Å²) in [6, 6.07) is 11.1. The third-order valence-corrected chi connectivity index (χ3v) is 3.09. The van der Waals surface area contributed by atoms with Crippen molar-refractivity contribution in [3.63, 3.8) is 0 Å². The van der Waals surface area contributed by atoms with Crippen LogP contribution >= 0.6 is 0 Å². The molecule has 0 fully saturated rings. The van der Waals surface area contributed by atoms with E-state index in [1.54, 1.807) is 31.1 Å². The van der Waals surface area contributed by atoms with Crippen LogP contribution in [-0.4, -0.2) is 35.0 Å². The molecule has 2 N–H and O–H groups in total. The normalized spacial score (nSPS) is 10.2. The van der Waals surface area contributed by atoms with Crippen LogP contribution in [0, 0.1) is 0 Å². The zero-order valence-corrected chi connectivity index (χ0v) is 12.2. The van der Waals surface area contributed by atoms with Crippen molar-refractivity contribution in [1.82, 2.24) is 9.88 Å². The summed E-state index contributed by atoms with van der Waals surface area (Å²) in [6.45, 7) is 0.580. The van der Waals surface area contributed by atoms with Gasteiger partial charge in [-0.1, -0.05) is 12.1 Å². The van der Waals surface area contributed by atoms with E-state index in [1.807, 2.05) is 24.3 Å². The van der Waals surface area contributed by atoms with Crippen LogP contribution in [0.1, 0.15) is 11.3 Å². The molecule has 0 aliphatic carbocycles. The maximum Gasteiger partial charge on any atom is 0.226 e. The topological polar surface area (TPSA) is 65.5 Å². The van der Waals surface area contributed by atoms with Gasteiger partial charge in [0.15, 0.2) is 0 Å². The number of nitrogens with one attached hydrogen (secondary N) is 1. The van der Waals surface area contributed by atoms with Crippen molar-refractivity contribution in [2.75, 3.05) is 19.4 Å². The van der Waals surface area contributed by atoms with Crippen LogP contribution in [0.25, 0.3) is 0 Å². The molecule has 1 amide bonds. The maximum absolute atomic E-state index is 11.6. The first-order valence-corrected chi connectivity index (χ1v) is 6.71. The molecule has 0 atom stereocenters. The third-order valence-electron chi connectivity index (χ3n) is 3.09. The minimum Gasteiger partial charge on any atom is -0.506 e. The van der Waals surface area contributed by atoms with Crippen LogP contribution in [-0.2, 0) is 17.8 Å². The predicted molar refractivity (Wildman–Crippen MR) is 82.1 cm³/mol. The molecule has 0 aliphatic rings. The van der Waals surface area contributed by atoms with E-state index >= 15 is 0 Å². The van der Waals surface area contributed by atoms with Crippen molar-refractivity contribution in [3.8, 4) is 5.75 Å². The monoisotopic (exact) mass is 285 g/mol. The molecule has 0 unspecified atom stereocenters. The number of amides is 1. The summed E-state index contributed by atoms with van der Waals surface area (Å²) in [6.07, 6.45) is 1.83. The Morgan fingerprint density at radius 2 is 1.90 bits per heavy atom. The van der Waals surface area contributed by atoms with Crippen molar-refractivity contribution < 1.29 is 9.90 Å². The number of pyridine rings is 1. The largest absolute Gasteiger partial charge is 0.506 e. The first-order chi connectivity index (χ1) is 10.0. The number of aromatic hydroxyl groups is 1. The average Bonchev–Trinajstić information content (AvgIpc) is 2.48. The van der Waals surface area contributed by atoms with Crippen LogP contribution in [0.3, 0.4) is 0 Å². The fourth-order valence-corrected chi connectivity index (χ4v) is 1.79. The molecule has 0 saturated heterocycles. The van der Waals surface area contributed by atoms with Crippen LogP contribution in [0.5, 0.6) is 5.75 Å². The summed E-state index contributed by atoms with van der Waals surface area (Å²) in [5.41, 5.74) is 2.80. The van der Waals surface area contributed by atoms with E-state index in [2.05, 4.69) is 10.3 Å². The molecule has 0 saturated carbocycles. The number of carbonyl (C=O) groups is 1. The Balaban J connectivity index is 1.90. The van der Waals surface area contributed by atoms with Gasteiger partial charge >= 0.3 is 0 Å². The molecule has 0 bridgehead atoms. The quantitative estimate of drug-likeness (QED) is 0.882. The van der Waals surface area contributed by atoms with Gasteiger partial charge in [-0.25, -0.2) is 0 Å².